The predicted molar refractivity (Wildman–Crippen MR) is 140 cm³/mol. The second kappa shape index (κ2) is 10.8. The van der Waals surface area contributed by atoms with Crippen molar-refractivity contribution >= 4 is 20.1 Å². The quantitative estimate of drug-likeness (QED) is 0.244. The summed E-state index contributed by atoms with van der Waals surface area (Å²) in [6.45, 7) is 15.5. The van der Waals surface area contributed by atoms with Crippen molar-refractivity contribution in [3.63, 3.8) is 0 Å². The molecule has 3 heteroatoms. The molecule has 0 bridgehead atoms. The first-order valence-corrected chi connectivity index (χ1v) is 12.7. The van der Waals surface area contributed by atoms with Gasteiger partial charge in [0.2, 0.25) is 0 Å². The van der Waals surface area contributed by atoms with Crippen LogP contribution in [-0.4, -0.2) is 18.4 Å². The number of aryl methyl sites for hydroxylation is 2. The molecule has 2 aromatic rings. The molecule has 2 nitrogen and oxygen atoms in total. The number of unbranched alkanes of at least 4 members (excludes halogenated alkanes) is 2. The Bertz CT molecular complexity index is 910. The van der Waals surface area contributed by atoms with Crippen LogP contribution in [0, 0.1) is 13.8 Å². The summed E-state index contributed by atoms with van der Waals surface area (Å²) in [6.07, 6.45) is 7.69. The zero-order valence-electron chi connectivity index (χ0n) is 20.9. The molecule has 0 aliphatic rings. The van der Waals surface area contributed by atoms with Gasteiger partial charge in [0.1, 0.15) is 5.75 Å². The molecule has 0 aromatic heterocycles. The Morgan fingerprint density at radius 2 is 1.74 bits per heavy atom. The van der Waals surface area contributed by atoms with Gasteiger partial charge in [-0.3, -0.25) is 4.99 Å². The number of aromatic hydroxyl groups is 1. The van der Waals surface area contributed by atoms with Crippen molar-refractivity contribution in [1.82, 2.24) is 0 Å². The Balaban J connectivity index is 2.70. The van der Waals surface area contributed by atoms with Crippen LogP contribution in [0.1, 0.15) is 94.5 Å². The lowest BCUT2D eigenvalue weighted by Gasteiger charge is -2.37. The summed E-state index contributed by atoms with van der Waals surface area (Å²) in [7, 11) is 2.42. The molecule has 31 heavy (non-hydrogen) atoms. The minimum absolute atomic E-state index is 0.0448. The van der Waals surface area contributed by atoms with Gasteiger partial charge in [-0.2, -0.15) is 0 Å². The number of nitrogens with zero attached hydrogens (tertiary/aromatic N) is 1. The van der Waals surface area contributed by atoms with Gasteiger partial charge in [0.05, 0.1) is 0 Å². The zero-order valence-corrected chi connectivity index (χ0v) is 21.9. The third-order valence-corrected chi connectivity index (χ3v) is 8.42. The summed E-state index contributed by atoms with van der Waals surface area (Å²) in [5, 5.41) is 12.6. The number of rotatable bonds is 9. The summed E-state index contributed by atoms with van der Waals surface area (Å²) < 4.78 is 0. The van der Waals surface area contributed by atoms with Crippen LogP contribution in [0.3, 0.4) is 0 Å². The Labute approximate surface area is 192 Å². The minimum Gasteiger partial charge on any atom is -0.507 e. The largest absolute Gasteiger partial charge is 0.507 e. The zero-order chi connectivity index (χ0) is 23.2. The SMILES string of the molecule is CCCCCC(CC)(Pc1ccc(C)cc1C=NC)c1cc(C(C)(C)C)cc(C)c1O. The lowest BCUT2D eigenvalue weighted by atomic mass is 9.80. The van der Waals surface area contributed by atoms with Crippen LogP contribution in [0.15, 0.2) is 35.3 Å². The minimum atomic E-state index is -0.0726. The topological polar surface area (TPSA) is 32.6 Å². The van der Waals surface area contributed by atoms with Gasteiger partial charge in [-0.15, -0.1) is 0 Å². The molecule has 0 radical (unpaired) electrons. The molecule has 2 rings (SSSR count). The molecule has 2 aromatic carbocycles. The molecule has 2 unspecified atom stereocenters. The van der Waals surface area contributed by atoms with Crippen molar-refractivity contribution in [3.8, 4) is 5.75 Å². The van der Waals surface area contributed by atoms with Crippen LogP contribution in [0.5, 0.6) is 5.75 Å². The van der Waals surface area contributed by atoms with Gasteiger partial charge in [0.15, 0.2) is 0 Å². The highest BCUT2D eigenvalue weighted by Crippen LogP contribution is 2.52. The van der Waals surface area contributed by atoms with E-state index in [0.717, 1.165) is 24.0 Å². The second-order valence-electron chi connectivity index (χ2n) is 9.94. The van der Waals surface area contributed by atoms with Crippen molar-refractivity contribution < 1.29 is 5.11 Å². The molecule has 0 saturated carbocycles. The first-order chi connectivity index (χ1) is 14.6. The highest BCUT2D eigenvalue weighted by molar-refractivity contribution is 7.48. The highest BCUT2D eigenvalue weighted by Gasteiger charge is 2.35. The number of phenols is 1. The van der Waals surface area contributed by atoms with Crippen LogP contribution in [0.25, 0.3) is 0 Å². The van der Waals surface area contributed by atoms with E-state index >= 15 is 0 Å². The van der Waals surface area contributed by atoms with E-state index in [4.69, 9.17) is 0 Å². The van der Waals surface area contributed by atoms with E-state index in [1.54, 1.807) is 0 Å². The molecule has 0 aliphatic heterocycles. The number of phenolic OH excluding ortho intramolecular Hbond substituents is 1. The number of aliphatic imine (C=N–C) groups is 1. The summed E-state index contributed by atoms with van der Waals surface area (Å²) in [5.74, 6) is 0.483. The standard InChI is InChI=1S/C28H42NOP/c1-9-11-12-15-28(10-2,31-25-14-13-20(3)16-22(25)19-29-8)24-18-23(27(5,6)7)17-21(4)26(24)30/h13-14,16-19,30-31H,9-12,15H2,1-8H3. The molecule has 2 atom stereocenters. The summed E-state index contributed by atoms with van der Waals surface area (Å²) in [4.78, 5) is 4.32. The van der Waals surface area contributed by atoms with E-state index in [2.05, 4.69) is 76.9 Å². The van der Waals surface area contributed by atoms with Crippen molar-refractivity contribution in [2.75, 3.05) is 7.05 Å². The maximum atomic E-state index is 11.3. The van der Waals surface area contributed by atoms with E-state index in [1.165, 1.54) is 41.3 Å². The second-order valence-corrected chi connectivity index (χ2v) is 11.7. The van der Waals surface area contributed by atoms with Crippen LogP contribution in [0.2, 0.25) is 0 Å². The van der Waals surface area contributed by atoms with Gasteiger partial charge in [-0.25, -0.2) is 0 Å². The van der Waals surface area contributed by atoms with Crippen LogP contribution in [-0.2, 0) is 10.6 Å². The Hall–Kier alpha value is -1.66. The number of benzene rings is 2. The molecule has 0 amide bonds. The normalized spacial score (nSPS) is 14.6. The van der Waals surface area contributed by atoms with Crippen molar-refractivity contribution in [2.45, 2.75) is 91.1 Å². The van der Waals surface area contributed by atoms with Gasteiger partial charge in [0, 0.05) is 24.0 Å². The lowest BCUT2D eigenvalue weighted by Crippen LogP contribution is -2.25. The summed E-state index contributed by atoms with van der Waals surface area (Å²) in [5.41, 5.74) is 5.93. The smallest absolute Gasteiger partial charge is 0.122 e. The Morgan fingerprint density at radius 3 is 2.32 bits per heavy atom. The van der Waals surface area contributed by atoms with Gasteiger partial charge < -0.3 is 5.11 Å². The van der Waals surface area contributed by atoms with E-state index in [-0.39, 0.29) is 10.6 Å². The van der Waals surface area contributed by atoms with E-state index in [0.29, 0.717) is 14.3 Å². The van der Waals surface area contributed by atoms with Gasteiger partial charge >= 0.3 is 0 Å². The highest BCUT2D eigenvalue weighted by atomic mass is 31.1. The van der Waals surface area contributed by atoms with Gasteiger partial charge in [0.25, 0.3) is 0 Å². The molecule has 0 heterocycles. The summed E-state index contributed by atoms with van der Waals surface area (Å²) in [6, 6.07) is 11.2. The molecule has 0 aliphatic carbocycles. The third-order valence-electron chi connectivity index (χ3n) is 6.34. The Kier molecular flexibility index (Phi) is 8.90. The van der Waals surface area contributed by atoms with E-state index in [9.17, 15) is 5.11 Å². The Morgan fingerprint density at radius 1 is 1.03 bits per heavy atom. The van der Waals surface area contributed by atoms with Crippen LogP contribution >= 0.6 is 8.58 Å². The van der Waals surface area contributed by atoms with Crippen LogP contribution < -0.4 is 5.30 Å². The first-order valence-electron chi connectivity index (χ1n) is 11.7. The number of hydrogen-bond donors (Lipinski definition) is 1. The predicted octanol–water partition coefficient (Wildman–Crippen LogP) is 7.54. The molecular weight excluding hydrogens is 397 g/mol. The first kappa shape index (κ1) is 25.6. The molecule has 170 valence electrons. The van der Waals surface area contributed by atoms with Crippen molar-refractivity contribution in [2.24, 2.45) is 4.99 Å². The van der Waals surface area contributed by atoms with Gasteiger partial charge in [-0.05, 0) is 60.2 Å². The molecular formula is C28H42NOP. The van der Waals surface area contributed by atoms with Crippen molar-refractivity contribution in [1.29, 1.82) is 0 Å². The van der Waals surface area contributed by atoms with Gasteiger partial charge in [-0.1, -0.05) is 92.3 Å². The maximum Gasteiger partial charge on any atom is 0.122 e. The molecule has 0 fully saturated rings. The maximum absolute atomic E-state index is 11.3. The average Bonchev–Trinajstić information content (AvgIpc) is 2.70. The van der Waals surface area contributed by atoms with E-state index < -0.39 is 0 Å². The fourth-order valence-electron chi connectivity index (χ4n) is 4.27. The van der Waals surface area contributed by atoms with E-state index in [1.807, 2.05) is 20.2 Å². The fourth-order valence-corrected chi connectivity index (χ4v) is 6.04. The average molecular weight is 440 g/mol. The van der Waals surface area contributed by atoms with Crippen LogP contribution in [0.4, 0.5) is 0 Å². The molecule has 0 spiro atoms. The summed E-state index contributed by atoms with van der Waals surface area (Å²) >= 11 is 0. The van der Waals surface area contributed by atoms with Crippen molar-refractivity contribution in [3.05, 3.63) is 58.1 Å². The third kappa shape index (κ3) is 6.19. The molecule has 1 N–H and O–H groups in total. The monoisotopic (exact) mass is 439 g/mol. The molecule has 0 saturated heterocycles. The fraction of sp³-hybridized carbons (Fsp3) is 0.536. The lowest BCUT2D eigenvalue weighted by molar-refractivity contribution is 0.431. The number of hydrogen-bond acceptors (Lipinski definition) is 2.